The third-order valence-corrected chi connectivity index (χ3v) is 9.37. The van der Waals surface area contributed by atoms with Gasteiger partial charge in [-0.2, -0.15) is 0 Å². The summed E-state index contributed by atoms with van der Waals surface area (Å²) >= 11 is 8.62. The second-order valence-corrected chi connectivity index (χ2v) is 11.8. The van der Waals surface area contributed by atoms with Gasteiger partial charge in [0.25, 0.3) is 0 Å². The van der Waals surface area contributed by atoms with Crippen molar-refractivity contribution in [2.75, 3.05) is 4.90 Å². The highest BCUT2D eigenvalue weighted by Crippen LogP contribution is 2.54. The number of amides is 2. The molecule has 192 valence electrons. The van der Waals surface area contributed by atoms with Gasteiger partial charge in [0.2, 0.25) is 11.8 Å². The molecule has 6 rings (SSSR count). The summed E-state index contributed by atoms with van der Waals surface area (Å²) in [6, 6.07) is 18.4. The van der Waals surface area contributed by atoms with Crippen LogP contribution in [0.3, 0.4) is 0 Å². The van der Waals surface area contributed by atoms with Gasteiger partial charge in [0.15, 0.2) is 0 Å². The second kappa shape index (κ2) is 9.72. The Morgan fingerprint density at radius 1 is 1.00 bits per heavy atom. The van der Waals surface area contributed by atoms with Crippen LogP contribution in [-0.2, 0) is 16.2 Å². The van der Waals surface area contributed by atoms with Gasteiger partial charge in [-0.05, 0) is 55.0 Å². The fourth-order valence-corrected chi connectivity index (χ4v) is 7.62. The van der Waals surface area contributed by atoms with Gasteiger partial charge in [-0.15, -0.1) is 0 Å². The highest BCUT2D eigenvalue weighted by atomic mass is 35.5. The van der Waals surface area contributed by atoms with Crippen LogP contribution in [0.15, 0.2) is 76.6 Å². The number of H-pyrrole nitrogens is 1. The Balaban J connectivity index is 1.44. The van der Waals surface area contributed by atoms with Gasteiger partial charge in [0.05, 0.1) is 16.6 Å². The normalized spacial score (nSPS) is 20.4. The molecule has 3 heterocycles. The van der Waals surface area contributed by atoms with Crippen LogP contribution in [0.2, 0.25) is 5.02 Å². The maximum atomic E-state index is 13.9. The zero-order chi connectivity index (χ0) is 26.6. The lowest BCUT2D eigenvalue weighted by Crippen LogP contribution is -2.32. The molecule has 0 spiro atoms. The summed E-state index contributed by atoms with van der Waals surface area (Å²) in [5.41, 5.74) is 3.03. The molecule has 1 aromatic heterocycles. The molecule has 4 aromatic rings. The van der Waals surface area contributed by atoms with Crippen molar-refractivity contribution < 1.29 is 18.7 Å². The molecular weight excluding hydrogens is 547 g/mol. The Hall–Kier alpha value is -3.40. The summed E-state index contributed by atoms with van der Waals surface area (Å²) < 4.78 is 19.8. The Bertz CT molecular complexity index is 1620. The number of imide groups is 1. The molecular formula is C28H20ClFN2O4S2. The first-order valence-corrected chi connectivity index (χ1v) is 13.9. The van der Waals surface area contributed by atoms with Crippen LogP contribution in [0.4, 0.5) is 10.1 Å². The smallest absolute Gasteiger partial charge is 0.305 e. The zero-order valence-electron chi connectivity index (χ0n) is 19.9. The summed E-state index contributed by atoms with van der Waals surface area (Å²) in [5, 5.41) is 0.214. The number of nitrogens with zero attached hydrogens (tertiary/aromatic N) is 1. The molecule has 6 nitrogen and oxygen atoms in total. The van der Waals surface area contributed by atoms with Crippen molar-refractivity contribution in [3.63, 3.8) is 0 Å². The Kier molecular flexibility index (Phi) is 6.37. The SMILES string of the molecule is Cc1ccc(COc2ccc(Cl)cc2C2c3sc(=O)[nH]c3SC3C(=O)N(c4ccc(F)cc4)C(=O)C32)cc1. The molecule has 3 aromatic carbocycles. The minimum Gasteiger partial charge on any atom is -0.489 e. The molecule has 0 aliphatic carbocycles. The quantitative estimate of drug-likeness (QED) is 0.304. The Morgan fingerprint density at radius 3 is 2.47 bits per heavy atom. The van der Waals surface area contributed by atoms with Gasteiger partial charge >= 0.3 is 4.87 Å². The number of thiazole rings is 1. The van der Waals surface area contributed by atoms with Crippen molar-refractivity contribution in [3.8, 4) is 5.75 Å². The van der Waals surface area contributed by atoms with Gasteiger partial charge in [-0.3, -0.25) is 14.4 Å². The van der Waals surface area contributed by atoms with E-state index in [1.807, 2.05) is 31.2 Å². The highest BCUT2D eigenvalue weighted by molar-refractivity contribution is 8.00. The predicted octanol–water partition coefficient (Wildman–Crippen LogP) is 5.91. The molecule has 0 bridgehead atoms. The van der Waals surface area contributed by atoms with E-state index in [1.54, 1.807) is 18.2 Å². The molecule has 0 radical (unpaired) electrons. The maximum absolute atomic E-state index is 13.9. The summed E-state index contributed by atoms with van der Waals surface area (Å²) in [4.78, 5) is 44.2. The van der Waals surface area contributed by atoms with Gasteiger partial charge in [0.1, 0.15) is 23.4 Å². The average Bonchev–Trinajstić information content (AvgIpc) is 3.39. The molecule has 1 saturated heterocycles. The van der Waals surface area contributed by atoms with Gasteiger partial charge in [-0.25, -0.2) is 9.29 Å². The van der Waals surface area contributed by atoms with E-state index in [-0.39, 0.29) is 11.5 Å². The molecule has 10 heteroatoms. The first kappa shape index (κ1) is 24.9. The average molecular weight is 567 g/mol. The fraction of sp³-hybridized carbons (Fsp3) is 0.179. The lowest BCUT2D eigenvalue weighted by atomic mass is 9.82. The van der Waals surface area contributed by atoms with E-state index in [1.165, 1.54) is 36.0 Å². The van der Waals surface area contributed by atoms with E-state index in [0.29, 0.717) is 31.9 Å². The molecule has 3 unspecified atom stereocenters. The molecule has 2 aliphatic rings. The minimum atomic E-state index is -0.809. The largest absolute Gasteiger partial charge is 0.489 e. The maximum Gasteiger partial charge on any atom is 0.305 e. The van der Waals surface area contributed by atoms with E-state index in [4.69, 9.17) is 16.3 Å². The van der Waals surface area contributed by atoms with E-state index in [2.05, 4.69) is 4.98 Å². The molecule has 38 heavy (non-hydrogen) atoms. The lowest BCUT2D eigenvalue weighted by molar-refractivity contribution is -0.122. The number of hydrogen-bond donors (Lipinski definition) is 1. The van der Waals surface area contributed by atoms with Crippen LogP contribution in [0.25, 0.3) is 0 Å². The highest BCUT2D eigenvalue weighted by Gasteiger charge is 2.56. The van der Waals surface area contributed by atoms with Crippen molar-refractivity contribution >= 4 is 52.2 Å². The molecule has 2 aliphatic heterocycles. The fourth-order valence-electron chi connectivity index (χ4n) is 4.94. The van der Waals surface area contributed by atoms with Gasteiger partial charge in [0, 0.05) is 21.4 Å². The van der Waals surface area contributed by atoms with Crippen LogP contribution in [0.1, 0.15) is 27.5 Å². The number of rotatable bonds is 5. The third-order valence-electron chi connectivity index (χ3n) is 6.73. The first-order chi connectivity index (χ1) is 18.3. The number of carbonyl (C=O) groups excluding carboxylic acids is 2. The van der Waals surface area contributed by atoms with Crippen LogP contribution in [0, 0.1) is 18.7 Å². The summed E-state index contributed by atoms with van der Waals surface area (Å²) in [7, 11) is 0. The van der Waals surface area contributed by atoms with Crippen molar-refractivity contribution in [2.45, 2.75) is 29.7 Å². The van der Waals surface area contributed by atoms with Gasteiger partial charge < -0.3 is 9.72 Å². The van der Waals surface area contributed by atoms with Crippen LogP contribution in [0.5, 0.6) is 5.75 Å². The molecule has 2 amide bonds. The first-order valence-electron chi connectivity index (χ1n) is 11.8. The van der Waals surface area contributed by atoms with Crippen LogP contribution >= 0.6 is 34.7 Å². The molecule has 0 saturated carbocycles. The monoisotopic (exact) mass is 566 g/mol. The number of hydrogen-bond acceptors (Lipinski definition) is 6. The number of thioether (sulfide) groups is 1. The van der Waals surface area contributed by atoms with Crippen LogP contribution in [-0.4, -0.2) is 22.0 Å². The molecule has 1 fully saturated rings. The number of nitrogens with one attached hydrogen (secondary N) is 1. The van der Waals surface area contributed by atoms with Crippen molar-refractivity contribution in [1.82, 2.24) is 4.98 Å². The number of carbonyl (C=O) groups is 2. The van der Waals surface area contributed by atoms with Gasteiger partial charge in [-0.1, -0.05) is 64.5 Å². The molecule has 3 atom stereocenters. The number of anilines is 1. The van der Waals surface area contributed by atoms with E-state index in [9.17, 15) is 18.8 Å². The number of fused-ring (bicyclic) bond motifs is 2. The topological polar surface area (TPSA) is 79.5 Å². The number of benzene rings is 3. The van der Waals surface area contributed by atoms with Crippen molar-refractivity contribution in [3.05, 3.63) is 109 Å². The van der Waals surface area contributed by atoms with E-state index in [0.717, 1.165) is 27.4 Å². The summed E-state index contributed by atoms with van der Waals surface area (Å²) in [6.45, 7) is 2.30. The zero-order valence-corrected chi connectivity index (χ0v) is 22.3. The predicted molar refractivity (Wildman–Crippen MR) is 146 cm³/mol. The number of aryl methyl sites for hydroxylation is 1. The number of aromatic amines is 1. The Labute approximate surface area is 230 Å². The van der Waals surface area contributed by atoms with Crippen molar-refractivity contribution in [2.24, 2.45) is 5.92 Å². The van der Waals surface area contributed by atoms with Crippen LogP contribution < -0.4 is 14.5 Å². The standard InChI is InChI=1S/C28H20ClFN2O4S2/c1-14-2-4-15(5-3-14)13-36-20-11-6-16(29)12-19(20)21-22-24(37-25-23(21)38-28(35)31-25)27(34)32(26(22)33)18-9-7-17(30)8-10-18/h2-12,21-22,24H,13H2,1H3,(H,31,35). The lowest BCUT2D eigenvalue weighted by Gasteiger charge is -2.31. The van der Waals surface area contributed by atoms with Crippen molar-refractivity contribution in [1.29, 1.82) is 0 Å². The number of halogens is 2. The van der Waals surface area contributed by atoms with E-state index < -0.39 is 34.7 Å². The third kappa shape index (κ3) is 4.34. The second-order valence-electron chi connectivity index (χ2n) is 9.19. The minimum absolute atomic E-state index is 0.271. The van der Waals surface area contributed by atoms with E-state index >= 15 is 0 Å². The summed E-state index contributed by atoms with van der Waals surface area (Å²) in [5.74, 6) is -2.24. The Morgan fingerprint density at radius 2 is 1.74 bits per heavy atom. The molecule has 1 N–H and O–H groups in total. The summed E-state index contributed by atoms with van der Waals surface area (Å²) in [6.07, 6.45) is 0. The number of ether oxygens (including phenoxy) is 1. The number of aromatic nitrogens is 1.